The number of fused-ring (bicyclic) bond motifs is 1. The third-order valence-electron chi connectivity index (χ3n) is 4.28. The summed E-state index contributed by atoms with van der Waals surface area (Å²) >= 11 is 0. The number of benzene rings is 2. The number of nitro benzene ring substituents is 1. The van der Waals surface area contributed by atoms with Crippen molar-refractivity contribution in [2.45, 2.75) is 0 Å². The van der Waals surface area contributed by atoms with E-state index in [-0.39, 0.29) is 34.6 Å². The highest BCUT2D eigenvalue weighted by molar-refractivity contribution is 5.81. The fourth-order valence-corrected chi connectivity index (χ4v) is 2.82. The quantitative estimate of drug-likeness (QED) is 0.250. The summed E-state index contributed by atoms with van der Waals surface area (Å²) in [6.45, 7) is 0. The Labute approximate surface area is 169 Å². The zero-order valence-corrected chi connectivity index (χ0v) is 17.0. The van der Waals surface area contributed by atoms with Crippen molar-refractivity contribution in [1.29, 1.82) is 0 Å². The van der Waals surface area contributed by atoms with Crippen molar-refractivity contribution in [1.82, 2.24) is 0 Å². The van der Waals surface area contributed by atoms with Gasteiger partial charge in [-0.3, -0.25) is 10.1 Å². The summed E-state index contributed by atoms with van der Waals surface area (Å²) < 4.78 is 2.08. The number of nitro groups is 1. The minimum Gasteiger partial charge on any atom is -1.00 e. The van der Waals surface area contributed by atoms with Crippen LogP contribution in [0.4, 0.5) is 11.4 Å². The number of nitrogens with zero attached hydrogens (tertiary/aromatic N) is 3. The van der Waals surface area contributed by atoms with Gasteiger partial charge in [-0.1, -0.05) is 12.1 Å². The smallest absolute Gasteiger partial charge is 0.276 e. The van der Waals surface area contributed by atoms with Crippen molar-refractivity contribution in [3.05, 3.63) is 76.0 Å². The Hall–Kier alpha value is -2.48. The SMILES string of the molecule is CN(C)c1ccc2c(ccc(/C=C/c3ccccc3[N+](=O)[O-])[n+]2C)c1.[I-]. The van der Waals surface area contributed by atoms with E-state index in [2.05, 4.69) is 33.7 Å². The molecule has 0 bridgehead atoms. The van der Waals surface area contributed by atoms with E-state index < -0.39 is 0 Å². The number of anilines is 1. The lowest BCUT2D eigenvalue weighted by atomic mass is 10.1. The molecule has 0 fully saturated rings. The second-order valence-electron chi connectivity index (χ2n) is 6.10. The fraction of sp³-hybridized carbons (Fsp3) is 0.150. The summed E-state index contributed by atoms with van der Waals surface area (Å²) in [5, 5.41) is 12.3. The zero-order chi connectivity index (χ0) is 18.0. The Morgan fingerprint density at radius 2 is 1.77 bits per heavy atom. The molecule has 0 aliphatic carbocycles. The third-order valence-corrected chi connectivity index (χ3v) is 4.28. The van der Waals surface area contributed by atoms with Crippen molar-refractivity contribution in [2.24, 2.45) is 7.05 Å². The summed E-state index contributed by atoms with van der Waals surface area (Å²) in [7, 11) is 6.03. The maximum atomic E-state index is 11.1. The average Bonchev–Trinajstić information content (AvgIpc) is 2.61. The first-order valence-corrected chi connectivity index (χ1v) is 7.99. The van der Waals surface area contributed by atoms with Crippen LogP contribution in [0.3, 0.4) is 0 Å². The van der Waals surface area contributed by atoms with Gasteiger partial charge in [-0.25, -0.2) is 0 Å². The summed E-state index contributed by atoms with van der Waals surface area (Å²) in [5.41, 5.74) is 3.93. The number of aromatic nitrogens is 1. The third kappa shape index (κ3) is 4.01. The summed E-state index contributed by atoms with van der Waals surface area (Å²) in [6.07, 6.45) is 3.69. The Morgan fingerprint density at radius 1 is 1.04 bits per heavy atom. The van der Waals surface area contributed by atoms with Gasteiger partial charge in [0.2, 0.25) is 11.2 Å². The minimum absolute atomic E-state index is 0. The molecule has 0 saturated carbocycles. The molecule has 0 radical (unpaired) electrons. The molecule has 0 N–H and O–H groups in total. The highest BCUT2D eigenvalue weighted by atomic mass is 127. The first kappa shape index (κ1) is 19.8. The lowest BCUT2D eigenvalue weighted by Crippen LogP contribution is -3.00. The van der Waals surface area contributed by atoms with E-state index in [0.717, 1.165) is 22.3 Å². The van der Waals surface area contributed by atoms with Gasteiger partial charge in [0.25, 0.3) is 5.69 Å². The van der Waals surface area contributed by atoms with Crippen LogP contribution in [-0.2, 0) is 7.05 Å². The predicted molar refractivity (Wildman–Crippen MR) is 101 cm³/mol. The molecule has 0 aliphatic heterocycles. The number of para-hydroxylation sites is 1. The molecule has 5 nitrogen and oxygen atoms in total. The molecule has 0 aliphatic rings. The molecule has 3 aromatic rings. The van der Waals surface area contributed by atoms with E-state index in [1.54, 1.807) is 24.3 Å². The van der Waals surface area contributed by atoms with Crippen LogP contribution in [0, 0.1) is 10.1 Å². The van der Waals surface area contributed by atoms with Gasteiger partial charge in [-0.15, -0.1) is 0 Å². The monoisotopic (exact) mass is 461 g/mol. The molecule has 1 heterocycles. The second-order valence-corrected chi connectivity index (χ2v) is 6.10. The lowest BCUT2D eigenvalue weighted by Gasteiger charge is -2.12. The maximum Gasteiger partial charge on any atom is 0.276 e. The standard InChI is InChI=1S/C20H20N3O2.HI/c1-21(2)18-12-13-19-16(14-18)9-11-17(22(19)3)10-8-15-6-4-5-7-20(15)23(24)25;/h4-14H,1-3H3;1H/q+1;/p-1/b10-8+;. The number of pyridine rings is 1. The van der Waals surface area contributed by atoms with E-state index in [1.165, 1.54) is 6.07 Å². The molecule has 3 rings (SSSR count). The van der Waals surface area contributed by atoms with Gasteiger partial charge in [0, 0.05) is 49.4 Å². The minimum atomic E-state index is -0.358. The number of halogens is 1. The number of aryl methyl sites for hydroxylation is 1. The first-order chi connectivity index (χ1) is 12.0. The Bertz CT molecular complexity index is 984. The van der Waals surface area contributed by atoms with Gasteiger partial charge in [0.1, 0.15) is 7.05 Å². The van der Waals surface area contributed by atoms with Crippen LogP contribution in [0.2, 0.25) is 0 Å². The van der Waals surface area contributed by atoms with Gasteiger partial charge in [0.05, 0.1) is 10.5 Å². The molecular formula is C20H20IN3O2. The molecule has 2 aromatic carbocycles. The average molecular weight is 461 g/mol. The highest BCUT2D eigenvalue weighted by Crippen LogP contribution is 2.21. The highest BCUT2D eigenvalue weighted by Gasteiger charge is 2.12. The fourth-order valence-electron chi connectivity index (χ4n) is 2.82. The molecule has 0 saturated heterocycles. The zero-order valence-electron chi connectivity index (χ0n) is 14.9. The van der Waals surface area contributed by atoms with E-state index >= 15 is 0 Å². The number of rotatable bonds is 4. The second kappa shape index (κ2) is 8.27. The molecule has 0 atom stereocenters. The van der Waals surface area contributed by atoms with Gasteiger partial charge >= 0.3 is 0 Å². The van der Waals surface area contributed by atoms with Gasteiger partial charge in [-0.05, 0) is 30.3 Å². The van der Waals surface area contributed by atoms with Crippen molar-refractivity contribution < 1.29 is 33.5 Å². The molecule has 134 valence electrons. The van der Waals surface area contributed by atoms with Crippen LogP contribution >= 0.6 is 0 Å². The Kier molecular flexibility index (Phi) is 6.31. The lowest BCUT2D eigenvalue weighted by molar-refractivity contribution is -0.646. The Morgan fingerprint density at radius 3 is 2.46 bits per heavy atom. The summed E-state index contributed by atoms with van der Waals surface area (Å²) in [6, 6.07) is 17.1. The normalized spacial score (nSPS) is 10.7. The van der Waals surface area contributed by atoms with Gasteiger partial charge < -0.3 is 28.9 Å². The number of hydrogen-bond acceptors (Lipinski definition) is 3. The summed E-state index contributed by atoms with van der Waals surface area (Å²) in [5.74, 6) is 0. The van der Waals surface area contributed by atoms with Crippen molar-refractivity contribution in [2.75, 3.05) is 19.0 Å². The van der Waals surface area contributed by atoms with Gasteiger partial charge in [-0.2, -0.15) is 4.57 Å². The van der Waals surface area contributed by atoms with E-state index in [1.807, 2.05) is 33.3 Å². The summed E-state index contributed by atoms with van der Waals surface area (Å²) in [4.78, 5) is 12.8. The van der Waals surface area contributed by atoms with Crippen LogP contribution in [0.15, 0.2) is 54.6 Å². The van der Waals surface area contributed by atoms with Crippen LogP contribution in [0.1, 0.15) is 11.3 Å². The topological polar surface area (TPSA) is 50.3 Å². The molecule has 0 spiro atoms. The van der Waals surface area contributed by atoms with E-state index in [9.17, 15) is 10.1 Å². The van der Waals surface area contributed by atoms with Crippen LogP contribution < -0.4 is 33.4 Å². The van der Waals surface area contributed by atoms with Crippen molar-refractivity contribution in [3.63, 3.8) is 0 Å². The van der Waals surface area contributed by atoms with Crippen LogP contribution in [0.5, 0.6) is 0 Å². The molecule has 6 heteroatoms. The van der Waals surface area contributed by atoms with Crippen molar-refractivity contribution >= 4 is 34.4 Å². The predicted octanol–water partition coefficient (Wildman–Crippen LogP) is 0.813. The van der Waals surface area contributed by atoms with Gasteiger partial charge in [0.15, 0.2) is 0 Å². The molecule has 0 amide bonds. The van der Waals surface area contributed by atoms with Crippen LogP contribution in [0.25, 0.3) is 23.1 Å². The largest absolute Gasteiger partial charge is 1.00 e. The van der Waals surface area contributed by atoms with Crippen LogP contribution in [-0.4, -0.2) is 19.0 Å². The maximum absolute atomic E-state index is 11.1. The van der Waals surface area contributed by atoms with Crippen molar-refractivity contribution in [3.8, 4) is 0 Å². The molecule has 0 unspecified atom stereocenters. The van der Waals surface area contributed by atoms with E-state index in [0.29, 0.717) is 5.56 Å². The molecule has 26 heavy (non-hydrogen) atoms. The molecule has 1 aromatic heterocycles. The number of hydrogen-bond donors (Lipinski definition) is 0. The van der Waals surface area contributed by atoms with E-state index in [4.69, 9.17) is 0 Å². The first-order valence-electron chi connectivity index (χ1n) is 7.99. The Balaban J connectivity index is 0.00000243. The molecular weight excluding hydrogens is 441 g/mol.